The molecule has 0 aliphatic carbocycles. The molecule has 0 saturated carbocycles. The predicted molar refractivity (Wildman–Crippen MR) is 98.1 cm³/mol. The van der Waals surface area contributed by atoms with Crippen molar-refractivity contribution < 1.29 is 22.3 Å². The number of piperidine rings is 1. The predicted octanol–water partition coefficient (Wildman–Crippen LogP) is 2.09. The Hall–Kier alpha value is -1.67. The van der Waals surface area contributed by atoms with Crippen molar-refractivity contribution in [1.29, 1.82) is 0 Å². The third-order valence-electron chi connectivity index (χ3n) is 4.51. The van der Waals surface area contributed by atoms with Gasteiger partial charge in [-0.2, -0.15) is 0 Å². The minimum absolute atomic E-state index is 0.0103. The number of aryl methyl sites for hydroxylation is 1. The van der Waals surface area contributed by atoms with Crippen molar-refractivity contribution in [1.82, 2.24) is 9.62 Å². The van der Waals surface area contributed by atoms with Crippen LogP contribution in [0.5, 0.6) is 5.75 Å². The number of methoxy groups -OCH3 is 1. The highest BCUT2D eigenvalue weighted by Crippen LogP contribution is 2.19. The Morgan fingerprint density at radius 3 is 2.62 bits per heavy atom. The maximum Gasteiger partial charge on any atom is 0.222 e. The summed E-state index contributed by atoms with van der Waals surface area (Å²) < 4.78 is 44.9. The number of nitrogens with one attached hydrogen (secondary N) is 1. The van der Waals surface area contributed by atoms with Crippen LogP contribution in [0, 0.1) is 5.82 Å². The van der Waals surface area contributed by atoms with E-state index in [0.29, 0.717) is 45.2 Å². The van der Waals surface area contributed by atoms with Crippen molar-refractivity contribution in [3.8, 4) is 5.75 Å². The van der Waals surface area contributed by atoms with Crippen LogP contribution in [-0.4, -0.2) is 51.2 Å². The first-order chi connectivity index (χ1) is 12.3. The lowest BCUT2D eigenvalue weighted by atomic mass is 10.0. The summed E-state index contributed by atoms with van der Waals surface area (Å²) in [4.78, 5) is 14.1. The quantitative estimate of drug-likeness (QED) is 0.742. The van der Waals surface area contributed by atoms with E-state index in [9.17, 15) is 17.6 Å². The Balaban J connectivity index is 1.79. The van der Waals surface area contributed by atoms with Gasteiger partial charge < -0.3 is 9.64 Å². The molecule has 1 amide bonds. The van der Waals surface area contributed by atoms with Crippen molar-refractivity contribution in [3.63, 3.8) is 0 Å². The van der Waals surface area contributed by atoms with Gasteiger partial charge in [0, 0.05) is 25.6 Å². The van der Waals surface area contributed by atoms with E-state index >= 15 is 0 Å². The summed E-state index contributed by atoms with van der Waals surface area (Å²) >= 11 is 0. The zero-order valence-corrected chi connectivity index (χ0v) is 16.1. The van der Waals surface area contributed by atoms with Crippen molar-refractivity contribution in [3.05, 3.63) is 29.6 Å². The van der Waals surface area contributed by atoms with Gasteiger partial charge in [-0.15, -0.1) is 0 Å². The van der Waals surface area contributed by atoms with E-state index in [4.69, 9.17) is 4.74 Å². The van der Waals surface area contributed by atoms with Gasteiger partial charge in [-0.3, -0.25) is 4.79 Å². The standard InChI is InChI=1S/C18H27FN2O4S/c1-3-12-26(23,24)20-15-8-10-21(11-9-15)18(22)7-5-14-4-6-17(25-2)16(19)13-14/h4,6,13,15,20H,3,5,7-12H2,1-2H3. The summed E-state index contributed by atoms with van der Waals surface area (Å²) in [5.74, 6) is -0.105. The molecule has 8 heteroatoms. The average Bonchev–Trinajstić information content (AvgIpc) is 2.60. The third-order valence-corrected chi connectivity index (χ3v) is 6.15. The summed E-state index contributed by atoms with van der Waals surface area (Å²) in [5, 5.41) is 0. The van der Waals surface area contributed by atoms with Gasteiger partial charge in [-0.05, 0) is 43.4 Å². The normalized spacial score (nSPS) is 15.9. The maximum absolute atomic E-state index is 13.7. The number of halogens is 1. The average molecular weight is 386 g/mol. The fourth-order valence-corrected chi connectivity index (χ4v) is 4.50. The Kier molecular flexibility index (Phi) is 7.40. The topological polar surface area (TPSA) is 75.7 Å². The zero-order valence-electron chi connectivity index (χ0n) is 15.3. The van der Waals surface area contributed by atoms with Gasteiger partial charge in [0.25, 0.3) is 0 Å². The summed E-state index contributed by atoms with van der Waals surface area (Å²) in [5.41, 5.74) is 0.749. The van der Waals surface area contributed by atoms with Crippen LogP contribution in [-0.2, 0) is 21.2 Å². The number of benzene rings is 1. The zero-order chi connectivity index (χ0) is 19.2. The van der Waals surface area contributed by atoms with Crippen LogP contribution in [0.4, 0.5) is 4.39 Å². The van der Waals surface area contributed by atoms with Gasteiger partial charge in [0.15, 0.2) is 11.6 Å². The Morgan fingerprint density at radius 1 is 1.35 bits per heavy atom. The molecular formula is C18H27FN2O4S. The fourth-order valence-electron chi connectivity index (χ4n) is 3.10. The molecular weight excluding hydrogens is 359 g/mol. The molecule has 1 fully saturated rings. The van der Waals surface area contributed by atoms with E-state index in [0.717, 1.165) is 5.56 Å². The molecule has 26 heavy (non-hydrogen) atoms. The third kappa shape index (κ3) is 5.95. The van der Waals surface area contributed by atoms with Crippen molar-refractivity contribution in [2.24, 2.45) is 0 Å². The molecule has 1 heterocycles. The molecule has 6 nitrogen and oxygen atoms in total. The van der Waals surface area contributed by atoms with Gasteiger partial charge in [0.1, 0.15) is 0 Å². The monoisotopic (exact) mass is 386 g/mol. The second-order valence-electron chi connectivity index (χ2n) is 6.56. The number of hydrogen-bond acceptors (Lipinski definition) is 4. The Bertz CT molecular complexity index is 716. The number of sulfonamides is 1. The molecule has 1 aromatic rings. The van der Waals surface area contributed by atoms with E-state index in [1.54, 1.807) is 17.0 Å². The Labute approximate surface area is 154 Å². The van der Waals surface area contributed by atoms with Crippen molar-refractivity contribution in [2.45, 2.75) is 45.1 Å². The first-order valence-electron chi connectivity index (χ1n) is 8.95. The van der Waals surface area contributed by atoms with Gasteiger partial charge in [-0.1, -0.05) is 13.0 Å². The number of carbonyl (C=O) groups excluding carboxylic acids is 1. The molecule has 0 unspecified atom stereocenters. The molecule has 1 aliphatic heterocycles. The number of hydrogen-bond donors (Lipinski definition) is 1. The summed E-state index contributed by atoms with van der Waals surface area (Å²) in [7, 11) is -1.81. The van der Waals surface area contributed by atoms with E-state index < -0.39 is 15.8 Å². The first kappa shape index (κ1) is 20.6. The van der Waals surface area contributed by atoms with Crippen LogP contribution < -0.4 is 9.46 Å². The van der Waals surface area contributed by atoms with Crippen LogP contribution >= 0.6 is 0 Å². The lowest BCUT2D eigenvalue weighted by Crippen LogP contribution is -2.47. The molecule has 0 atom stereocenters. The molecule has 146 valence electrons. The highest BCUT2D eigenvalue weighted by atomic mass is 32.2. The van der Waals surface area contributed by atoms with Crippen LogP contribution in [0.1, 0.15) is 38.2 Å². The largest absolute Gasteiger partial charge is 0.494 e. The highest BCUT2D eigenvalue weighted by Gasteiger charge is 2.25. The number of rotatable bonds is 8. The fraction of sp³-hybridized carbons (Fsp3) is 0.611. The number of nitrogens with zero attached hydrogens (tertiary/aromatic N) is 1. The van der Waals surface area contributed by atoms with Gasteiger partial charge in [-0.25, -0.2) is 17.5 Å². The van der Waals surface area contributed by atoms with Gasteiger partial charge in [0.2, 0.25) is 15.9 Å². The molecule has 0 spiro atoms. The SMILES string of the molecule is CCCS(=O)(=O)NC1CCN(C(=O)CCc2ccc(OC)c(F)c2)CC1. The van der Waals surface area contributed by atoms with Crippen LogP contribution in [0.25, 0.3) is 0 Å². The molecule has 0 radical (unpaired) electrons. The molecule has 1 aliphatic rings. The minimum Gasteiger partial charge on any atom is -0.494 e. The van der Waals surface area contributed by atoms with Crippen molar-refractivity contribution >= 4 is 15.9 Å². The number of amides is 1. The number of likely N-dealkylation sites (tertiary alicyclic amines) is 1. The van der Waals surface area contributed by atoms with Gasteiger partial charge >= 0.3 is 0 Å². The minimum atomic E-state index is -3.22. The lowest BCUT2D eigenvalue weighted by molar-refractivity contribution is -0.132. The van der Waals surface area contributed by atoms with E-state index in [1.165, 1.54) is 13.2 Å². The van der Waals surface area contributed by atoms with Crippen LogP contribution in [0.15, 0.2) is 18.2 Å². The maximum atomic E-state index is 13.7. The second-order valence-corrected chi connectivity index (χ2v) is 8.43. The van der Waals surface area contributed by atoms with E-state index in [-0.39, 0.29) is 23.5 Å². The summed E-state index contributed by atoms with van der Waals surface area (Å²) in [6.45, 7) is 2.90. The lowest BCUT2D eigenvalue weighted by Gasteiger charge is -2.32. The smallest absolute Gasteiger partial charge is 0.222 e. The summed E-state index contributed by atoms with van der Waals surface area (Å²) in [6.07, 6.45) is 2.58. The first-order valence-corrected chi connectivity index (χ1v) is 10.6. The molecule has 0 aromatic heterocycles. The molecule has 1 saturated heterocycles. The molecule has 0 bridgehead atoms. The summed E-state index contributed by atoms with van der Waals surface area (Å²) in [6, 6.07) is 4.60. The molecule has 2 rings (SSSR count). The number of carbonyl (C=O) groups is 1. The van der Waals surface area contributed by atoms with E-state index in [1.807, 2.05) is 6.92 Å². The van der Waals surface area contributed by atoms with E-state index in [2.05, 4.69) is 4.72 Å². The molecule has 1 N–H and O–H groups in total. The van der Waals surface area contributed by atoms with Crippen LogP contribution in [0.2, 0.25) is 0 Å². The Morgan fingerprint density at radius 2 is 2.04 bits per heavy atom. The highest BCUT2D eigenvalue weighted by molar-refractivity contribution is 7.89. The van der Waals surface area contributed by atoms with Gasteiger partial charge in [0.05, 0.1) is 12.9 Å². The molecule has 1 aromatic carbocycles. The number of ether oxygens (including phenoxy) is 1. The second kappa shape index (κ2) is 9.32. The van der Waals surface area contributed by atoms with Crippen molar-refractivity contribution in [2.75, 3.05) is 26.0 Å². The van der Waals surface area contributed by atoms with Crippen LogP contribution in [0.3, 0.4) is 0 Å².